The summed E-state index contributed by atoms with van der Waals surface area (Å²) in [6.07, 6.45) is 1.18. The Morgan fingerprint density at radius 1 is 0.821 bits per heavy atom. The van der Waals surface area contributed by atoms with Crippen molar-refractivity contribution in [3.05, 3.63) is 96.1 Å². The predicted molar refractivity (Wildman–Crippen MR) is 117 cm³/mol. The monoisotopic (exact) mass is 367 g/mol. The Morgan fingerprint density at radius 2 is 1.43 bits per heavy atom. The van der Waals surface area contributed by atoms with Crippen LogP contribution in [0.2, 0.25) is 0 Å². The lowest BCUT2D eigenvalue weighted by Crippen LogP contribution is -2.15. The van der Waals surface area contributed by atoms with Gasteiger partial charge in [-0.25, -0.2) is 0 Å². The molecule has 0 amide bonds. The fourth-order valence-electron chi connectivity index (χ4n) is 3.42. The molecule has 4 aromatic rings. The summed E-state index contributed by atoms with van der Waals surface area (Å²) < 4.78 is 0. The number of fused-ring (bicyclic) bond motifs is 2. The molecule has 0 aliphatic carbocycles. The lowest BCUT2D eigenvalue weighted by atomic mass is 9.98. The Bertz CT molecular complexity index is 1170. The maximum absolute atomic E-state index is 10.6. The zero-order chi connectivity index (χ0) is 19.3. The topological polar surface area (TPSA) is 71.0 Å². The molecule has 0 bridgehead atoms. The van der Waals surface area contributed by atoms with Crippen LogP contribution in [-0.2, 0) is 0 Å². The lowest BCUT2D eigenvalue weighted by molar-refractivity contribution is 0.187. The number of nitrogens with two attached hydrogens (primary N) is 1. The third-order valence-electron chi connectivity index (χ3n) is 4.79. The van der Waals surface area contributed by atoms with Gasteiger partial charge in [0, 0.05) is 12.0 Å². The summed E-state index contributed by atoms with van der Waals surface area (Å²) in [5.74, 6) is 0.289. The van der Waals surface area contributed by atoms with Crippen LogP contribution in [0, 0.1) is 0 Å². The third kappa shape index (κ3) is 3.77. The van der Waals surface area contributed by atoms with Crippen molar-refractivity contribution in [1.82, 2.24) is 0 Å². The first-order chi connectivity index (χ1) is 13.7. The molecular weight excluding hydrogens is 346 g/mol. The minimum absolute atomic E-state index is 0.223. The quantitative estimate of drug-likeness (QED) is 0.302. The molecule has 3 N–H and O–H groups in total. The summed E-state index contributed by atoms with van der Waals surface area (Å²) >= 11 is 0. The number of aliphatic hydroxyl groups is 1. The number of aliphatic hydroxyl groups excluding tert-OH is 1. The first kappa shape index (κ1) is 17.9. The molecule has 4 heteroatoms. The molecule has 0 fully saturated rings. The molecule has 0 aliphatic heterocycles. The molecule has 1 unspecified atom stereocenters. The van der Waals surface area contributed by atoms with Crippen LogP contribution in [0.4, 0.5) is 0 Å². The van der Waals surface area contributed by atoms with Gasteiger partial charge >= 0.3 is 0 Å². The molecule has 4 rings (SSSR count). The molecule has 0 saturated heterocycles. The van der Waals surface area contributed by atoms with Crippen molar-refractivity contribution in [2.24, 2.45) is 15.9 Å². The van der Waals surface area contributed by atoms with E-state index < -0.39 is 6.10 Å². The Labute approximate surface area is 163 Å². The van der Waals surface area contributed by atoms with E-state index in [4.69, 9.17) is 5.73 Å². The molecule has 138 valence electrons. The summed E-state index contributed by atoms with van der Waals surface area (Å²) in [6, 6.07) is 28.0. The van der Waals surface area contributed by atoms with Crippen LogP contribution in [0.25, 0.3) is 21.5 Å². The first-order valence-electron chi connectivity index (χ1n) is 9.21. The maximum Gasteiger partial charge on any atom is 0.125 e. The molecule has 4 aromatic carbocycles. The van der Waals surface area contributed by atoms with Gasteiger partial charge in [0.05, 0.1) is 12.3 Å². The molecule has 0 aliphatic rings. The minimum atomic E-state index is -0.734. The Hall–Kier alpha value is -3.50. The van der Waals surface area contributed by atoms with E-state index >= 15 is 0 Å². The van der Waals surface area contributed by atoms with Gasteiger partial charge in [-0.1, -0.05) is 84.9 Å². The molecule has 1 atom stereocenters. The standard InChI is InChI=1S/C24H21N3O/c25-24(15-23(28)22-14-6-10-18-8-2-4-13-21(18)22)27-26-16-19-11-5-9-17-7-1-3-12-20(17)19/h1-14,16,23,28H,15H2,(H2,25,27)/b26-16+. The highest BCUT2D eigenvalue weighted by Crippen LogP contribution is 2.26. The number of hydrogen-bond donors (Lipinski definition) is 2. The van der Waals surface area contributed by atoms with Crippen LogP contribution in [-0.4, -0.2) is 17.2 Å². The van der Waals surface area contributed by atoms with Gasteiger partial charge in [-0.15, -0.1) is 5.10 Å². The second-order valence-corrected chi connectivity index (χ2v) is 6.69. The summed E-state index contributed by atoms with van der Waals surface area (Å²) in [5.41, 5.74) is 7.83. The number of amidine groups is 1. The highest BCUT2D eigenvalue weighted by molar-refractivity contribution is 5.99. The van der Waals surface area contributed by atoms with Crippen molar-refractivity contribution in [2.45, 2.75) is 12.5 Å². The Morgan fingerprint density at radius 3 is 2.21 bits per heavy atom. The van der Waals surface area contributed by atoms with E-state index in [0.717, 1.165) is 32.7 Å². The van der Waals surface area contributed by atoms with E-state index in [1.54, 1.807) is 6.21 Å². The van der Waals surface area contributed by atoms with Crippen LogP contribution in [0.1, 0.15) is 23.7 Å². The van der Waals surface area contributed by atoms with Gasteiger partial charge in [-0.05, 0) is 27.1 Å². The average Bonchev–Trinajstić information content (AvgIpc) is 2.73. The van der Waals surface area contributed by atoms with Crippen LogP contribution in [0.3, 0.4) is 0 Å². The van der Waals surface area contributed by atoms with Crippen LogP contribution in [0.15, 0.2) is 95.1 Å². The second-order valence-electron chi connectivity index (χ2n) is 6.69. The number of nitrogens with zero attached hydrogens (tertiary/aromatic N) is 2. The first-order valence-corrected chi connectivity index (χ1v) is 9.21. The second kappa shape index (κ2) is 8.03. The molecule has 0 aromatic heterocycles. The summed E-state index contributed by atoms with van der Waals surface area (Å²) in [4.78, 5) is 0. The van der Waals surface area contributed by atoms with E-state index in [9.17, 15) is 5.11 Å². The Balaban J connectivity index is 1.52. The van der Waals surface area contributed by atoms with Crippen LogP contribution >= 0.6 is 0 Å². The van der Waals surface area contributed by atoms with Gasteiger partial charge < -0.3 is 10.8 Å². The zero-order valence-electron chi connectivity index (χ0n) is 15.4. The van der Waals surface area contributed by atoms with E-state index in [1.165, 1.54) is 0 Å². The average molecular weight is 367 g/mol. The van der Waals surface area contributed by atoms with Crippen molar-refractivity contribution >= 4 is 33.6 Å². The van der Waals surface area contributed by atoms with Gasteiger partial charge in [0.2, 0.25) is 0 Å². The predicted octanol–water partition coefficient (Wildman–Crippen LogP) is 4.81. The maximum atomic E-state index is 10.6. The molecule has 4 nitrogen and oxygen atoms in total. The highest BCUT2D eigenvalue weighted by Gasteiger charge is 2.12. The molecule has 0 spiro atoms. The highest BCUT2D eigenvalue weighted by atomic mass is 16.3. The van der Waals surface area contributed by atoms with Crippen molar-refractivity contribution in [3.63, 3.8) is 0 Å². The fraction of sp³-hybridized carbons (Fsp3) is 0.0833. The molecule has 0 radical (unpaired) electrons. The fourth-order valence-corrected chi connectivity index (χ4v) is 3.42. The van der Waals surface area contributed by atoms with E-state index in [-0.39, 0.29) is 12.3 Å². The summed E-state index contributed by atoms with van der Waals surface area (Å²) in [6.45, 7) is 0. The number of rotatable bonds is 5. The number of hydrogen-bond acceptors (Lipinski definition) is 3. The van der Waals surface area contributed by atoms with Crippen LogP contribution < -0.4 is 5.73 Å². The van der Waals surface area contributed by atoms with Crippen molar-refractivity contribution in [3.8, 4) is 0 Å². The smallest absolute Gasteiger partial charge is 0.125 e. The minimum Gasteiger partial charge on any atom is -0.388 e. The summed E-state index contributed by atoms with van der Waals surface area (Å²) in [5, 5.41) is 23.2. The molecule has 0 heterocycles. The van der Waals surface area contributed by atoms with E-state index in [2.05, 4.69) is 22.3 Å². The largest absolute Gasteiger partial charge is 0.388 e. The normalized spacial score (nSPS) is 13.4. The van der Waals surface area contributed by atoms with Crippen molar-refractivity contribution in [2.75, 3.05) is 0 Å². The van der Waals surface area contributed by atoms with E-state index in [1.807, 2.05) is 72.8 Å². The third-order valence-corrected chi connectivity index (χ3v) is 4.79. The van der Waals surface area contributed by atoms with Gasteiger partial charge in [0.15, 0.2) is 0 Å². The SMILES string of the molecule is N/C(CC(O)c1cccc2ccccc12)=N\N=C\c1cccc2ccccc12. The zero-order valence-corrected chi connectivity index (χ0v) is 15.4. The number of benzene rings is 4. The molecular formula is C24H21N3O. The van der Waals surface area contributed by atoms with Gasteiger partial charge in [-0.3, -0.25) is 0 Å². The Kier molecular flexibility index (Phi) is 5.13. The van der Waals surface area contributed by atoms with Crippen molar-refractivity contribution < 1.29 is 5.11 Å². The molecule has 0 saturated carbocycles. The summed E-state index contributed by atoms with van der Waals surface area (Å²) in [7, 11) is 0. The van der Waals surface area contributed by atoms with Gasteiger partial charge in [0.1, 0.15) is 5.84 Å². The molecule has 28 heavy (non-hydrogen) atoms. The van der Waals surface area contributed by atoms with Crippen LogP contribution in [0.5, 0.6) is 0 Å². The van der Waals surface area contributed by atoms with E-state index in [0.29, 0.717) is 0 Å². The van der Waals surface area contributed by atoms with Gasteiger partial charge in [0.25, 0.3) is 0 Å². The lowest BCUT2D eigenvalue weighted by Gasteiger charge is -2.13. The van der Waals surface area contributed by atoms with Crippen molar-refractivity contribution in [1.29, 1.82) is 0 Å². The van der Waals surface area contributed by atoms with Gasteiger partial charge in [-0.2, -0.15) is 5.10 Å².